The van der Waals surface area contributed by atoms with Crippen LogP contribution in [0.15, 0.2) is 24.3 Å². The SMILES string of the molecule is CC(NC(=O)OC(C)(C)C)c1ccc(OCCF)cc1. The molecule has 1 aromatic carbocycles. The van der Waals surface area contributed by atoms with Crippen molar-refractivity contribution < 1.29 is 18.7 Å². The van der Waals surface area contributed by atoms with Crippen molar-refractivity contribution in [2.45, 2.75) is 39.3 Å². The molecule has 1 rings (SSSR count). The van der Waals surface area contributed by atoms with Gasteiger partial charge in [0.25, 0.3) is 0 Å². The van der Waals surface area contributed by atoms with Crippen molar-refractivity contribution in [1.82, 2.24) is 5.32 Å². The first-order valence-electron chi connectivity index (χ1n) is 6.60. The first kappa shape index (κ1) is 16.3. The fourth-order valence-corrected chi connectivity index (χ4v) is 1.58. The Bertz CT molecular complexity index is 426. The molecule has 0 radical (unpaired) electrons. The van der Waals surface area contributed by atoms with Crippen molar-refractivity contribution in [2.75, 3.05) is 13.3 Å². The number of hydrogen-bond acceptors (Lipinski definition) is 3. The highest BCUT2D eigenvalue weighted by molar-refractivity contribution is 5.68. The molecule has 0 spiro atoms. The summed E-state index contributed by atoms with van der Waals surface area (Å²) in [6.45, 7) is 6.83. The Morgan fingerprint density at radius 2 is 1.90 bits per heavy atom. The molecule has 112 valence electrons. The van der Waals surface area contributed by atoms with Crippen LogP contribution in [-0.2, 0) is 4.74 Å². The number of nitrogens with one attached hydrogen (secondary N) is 1. The second kappa shape index (κ2) is 7.12. The molecule has 0 aromatic heterocycles. The van der Waals surface area contributed by atoms with Crippen molar-refractivity contribution in [3.05, 3.63) is 29.8 Å². The lowest BCUT2D eigenvalue weighted by atomic mass is 10.1. The van der Waals surface area contributed by atoms with E-state index in [-0.39, 0.29) is 12.6 Å². The number of alkyl halides is 1. The fourth-order valence-electron chi connectivity index (χ4n) is 1.58. The van der Waals surface area contributed by atoms with Gasteiger partial charge in [-0.3, -0.25) is 0 Å². The van der Waals surface area contributed by atoms with Crippen LogP contribution in [0.25, 0.3) is 0 Å². The van der Waals surface area contributed by atoms with E-state index in [1.807, 2.05) is 39.8 Å². The van der Waals surface area contributed by atoms with Crippen LogP contribution in [0, 0.1) is 0 Å². The number of halogens is 1. The molecule has 1 unspecified atom stereocenters. The van der Waals surface area contributed by atoms with E-state index in [9.17, 15) is 9.18 Å². The second-order valence-corrected chi connectivity index (χ2v) is 5.47. The Morgan fingerprint density at radius 1 is 1.30 bits per heavy atom. The van der Waals surface area contributed by atoms with E-state index < -0.39 is 18.4 Å². The summed E-state index contributed by atoms with van der Waals surface area (Å²) in [5.41, 5.74) is 0.400. The van der Waals surface area contributed by atoms with Crippen LogP contribution in [0.5, 0.6) is 5.75 Å². The Hall–Kier alpha value is -1.78. The molecule has 20 heavy (non-hydrogen) atoms. The highest BCUT2D eigenvalue weighted by Crippen LogP contribution is 2.18. The van der Waals surface area contributed by atoms with Crippen molar-refractivity contribution in [2.24, 2.45) is 0 Å². The third-order valence-electron chi connectivity index (χ3n) is 2.46. The lowest BCUT2D eigenvalue weighted by Gasteiger charge is -2.22. The minimum atomic E-state index is -0.520. The van der Waals surface area contributed by atoms with Gasteiger partial charge in [0.15, 0.2) is 0 Å². The topological polar surface area (TPSA) is 47.6 Å². The van der Waals surface area contributed by atoms with Crippen LogP contribution in [0.2, 0.25) is 0 Å². The number of alkyl carbamates (subject to hydrolysis) is 1. The largest absolute Gasteiger partial charge is 0.491 e. The quantitative estimate of drug-likeness (QED) is 0.897. The Balaban J connectivity index is 2.55. The minimum absolute atomic E-state index is 0.0467. The van der Waals surface area contributed by atoms with Crippen LogP contribution >= 0.6 is 0 Å². The van der Waals surface area contributed by atoms with E-state index in [2.05, 4.69) is 5.32 Å². The first-order valence-corrected chi connectivity index (χ1v) is 6.60. The van der Waals surface area contributed by atoms with Gasteiger partial charge < -0.3 is 14.8 Å². The van der Waals surface area contributed by atoms with Crippen LogP contribution in [0.1, 0.15) is 39.3 Å². The summed E-state index contributed by atoms with van der Waals surface area (Å²) >= 11 is 0. The van der Waals surface area contributed by atoms with Crippen molar-refractivity contribution in [3.63, 3.8) is 0 Å². The summed E-state index contributed by atoms with van der Waals surface area (Å²) in [7, 11) is 0. The number of amides is 1. The fraction of sp³-hybridized carbons (Fsp3) is 0.533. The van der Waals surface area contributed by atoms with Gasteiger partial charge in [-0.15, -0.1) is 0 Å². The predicted molar refractivity (Wildman–Crippen MR) is 75.7 cm³/mol. The van der Waals surface area contributed by atoms with E-state index in [1.54, 1.807) is 12.1 Å². The number of rotatable bonds is 5. The first-order chi connectivity index (χ1) is 9.31. The van der Waals surface area contributed by atoms with Gasteiger partial charge >= 0.3 is 6.09 Å². The summed E-state index contributed by atoms with van der Waals surface area (Å²) in [5.74, 6) is 0.607. The van der Waals surface area contributed by atoms with Gasteiger partial charge in [-0.25, -0.2) is 9.18 Å². The van der Waals surface area contributed by atoms with E-state index in [4.69, 9.17) is 9.47 Å². The normalized spacial score (nSPS) is 12.7. The Labute approximate surface area is 119 Å². The highest BCUT2D eigenvalue weighted by atomic mass is 19.1. The summed E-state index contributed by atoms with van der Waals surface area (Å²) in [4.78, 5) is 11.7. The van der Waals surface area contributed by atoms with Gasteiger partial charge in [0.05, 0.1) is 6.04 Å². The maximum Gasteiger partial charge on any atom is 0.408 e. The molecule has 1 aromatic rings. The molecule has 0 aliphatic heterocycles. The molecule has 0 fully saturated rings. The number of hydrogen-bond donors (Lipinski definition) is 1. The van der Waals surface area contributed by atoms with Crippen molar-refractivity contribution >= 4 is 6.09 Å². The van der Waals surface area contributed by atoms with E-state index >= 15 is 0 Å². The van der Waals surface area contributed by atoms with Gasteiger partial charge in [-0.1, -0.05) is 12.1 Å². The lowest BCUT2D eigenvalue weighted by Crippen LogP contribution is -2.34. The molecule has 0 saturated carbocycles. The van der Waals surface area contributed by atoms with Gasteiger partial charge in [-0.05, 0) is 45.4 Å². The van der Waals surface area contributed by atoms with Gasteiger partial charge in [0, 0.05) is 0 Å². The average molecular weight is 283 g/mol. The van der Waals surface area contributed by atoms with Crippen LogP contribution in [-0.4, -0.2) is 25.0 Å². The highest BCUT2D eigenvalue weighted by Gasteiger charge is 2.18. The number of ether oxygens (including phenoxy) is 2. The van der Waals surface area contributed by atoms with Crippen molar-refractivity contribution in [1.29, 1.82) is 0 Å². The molecule has 0 aliphatic carbocycles. The van der Waals surface area contributed by atoms with Gasteiger partial charge in [0.2, 0.25) is 0 Å². The molecule has 0 saturated heterocycles. The zero-order chi connectivity index (χ0) is 15.2. The van der Waals surface area contributed by atoms with Crippen LogP contribution < -0.4 is 10.1 Å². The second-order valence-electron chi connectivity index (χ2n) is 5.47. The minimum Gasteiger partial charge on any atom is -0.491 e. The Morgan fingerprint density at radius 3 is 2.40 bits per heavy atom. The molecular formula is C15H22FNO3. The molecule has 0 bridgehead atoms. The van der Waals surface area contributed by atoms with Gasteiger partial charge in [0.1, 0.15) is 24.6 Å². The molecule has 0 aliphatic rings. The zero-order valence-corrected chi connectivity index (χ0v) is 12.4. The summed E-state index contributed by atoms with van der Waals surface area (Å²) in [6, 6.07) is 6.97. The average Bonchev–Trinajstić information content (AvgIpc) is 2.34. The zero-order valence-electron chi connectivity index (χ0n) is 12.4. The predicted octanol–water partition coefficient (Wildman–Crippen LogP) is 3.62. The number of carbonyl (C=O) groups is 1. The van der Waals surface area contributed by atoms with Crippen LogP contribution in [0.4, 0.5) is 9.18 Å². The lowest BCUT2D eigenvalue weighted by molar-refractivity contribution is 0.0508. The molecule has 1 N–H and O–H groups in total. The maximum atomic E-state index is 12.0. The smallest absolute Gasteiger partial charge is 0.408 e. The summed E-state index contributed by atoms with van der Waals surface area (Å²) < 4.78 is 22.3. The standard InChI is InChI=1S/C15H22FNO3/c1-11(17-14(18)20-15(2,3)4)12-5-7-13(8-6-12)19-10-9-16/h5-8,11H,9-10H2,1-4H3,(H,17,18). The molecule has 4 nitrogen and oxygen atoms in total. The van der Waals surface area contributed by atoms with E-state index in [0.717, 1.165) is 5.56 Å². The number of carbonyl (C=O) groups excluding carboxylic acids is 1. The number of benzene rings is 1. The summed E-state index contributed by atoms with van der Waals surface area (Å²) in [5, 5.41) is 2.75. The molecule has 1 atom stereocenters. The van der Waals surface area contributed by atoms with Gasteiger partial charge in [-0.2, -0.15) is 0 Å². The summed E-state index contributed by atoms with van der Waals surface area (Å²) in [6.07, 6.45) is -0.456. The molecular weight excluding hydrogens is 261 g/mol. The van der Waals surface area contributed by atoms with E-state index in [0.29, 0.717) is 5.75 Å². The third kappa shape index (κ3) is 5.91. The van der Waals surface area contributed by atoms with Crippen LogP contribution in [0.3, 0.4) is 0 Å². The molecule has 0 heterocycles. The molecule has 5 heteroatoms. The molecule has 1 amide bonds. The van der Waals surface area contributed by atoms with E-state index in [1.165, 1.54) is 0 Å². The maximum absolute atomic E-state index is 12.0. The third-order valence-corrected chi connectivity index (χ3v) is 2.46. The Kier molecular flexibility index (Phi) is 5.80. The monoisotopic (exact) mass is 283 g/mol. The van der Waals surface area contributed by atoms with Crippen molar-refractivity contribution in [3.8, 4) is 5.75 Å².